The van der Waals surface area contributed by atoms with Crippen LogP contribution in [0, 0.1) is 12.8 Å². The van der Waals surface area contributed by atoms with Crippen LogP contribution in [0.25, 0.3) is 0 Å². The van der Waals surface area contributed by atoms with E-state index in [4.69, 9.17) is 5.73 Å². The van der Waals surface area contributed by atoms with Crippen molar-refractivity contribution in [2.24, 2.45) is 11.7 Å². The quantitative estimate of drug-likeness (QED) is 0.683. The normalized spacial score (nSPS) is 17.5. The molecule has 1 aliphatic rings. The molecule has 15 heavy (non-hydrogen) atoms. The lowest BCUT2D eigenvalue weighted by Gasteiger charge is -2.11. The van der Waals surface area contributed by atoms with E-state index in [0.717, 1.165) is 5.69 Å². The lowest BCUT2D eigenvalue weighted by Crippen LogP contribution is -2.38. The van der Waals surface area contributed by atoms with E-state index in [9.17, 15) is 4.79 Å². The van der Waals surface area contributed by atoms with E-state index in [2.05, 4.69) is 10.3 Å². The van der Waals surface area contributed by atoms with E-state index in [1.807, 2.05) is 6.92 Å². The van der Waals surface area contributed by atoms with Gasteiger partial charge in [0.05, 0.1) is 5.56 Å². The van der Waals surface area contributed by atoms with Crippen LogP contribution in [-0.4, -0.2) is 23.5 Å². The van der Waals surface area contributed by atoms with E-state index < -0.39 is 0 Å². The maximum atomic E-state index is 11.7. The minimum absolute atomic E-state index is 0.0372. The van der Waals surface area contributed by atoms with Gasteiger partial charge in [0.1, 0.15) is 0 Å². The van der Waals surface area contributed by atoms with Crippen LogP contribution in [0.5, 0.6) is 0 Å². The van der Waals surface area contributed by atoms with E-state index in [-0.39, 0.29) is 11.9 Å². The molecule has 2 rings (SSSR count). The van der Waals surface area contributed by atoms with Crippen LogP contribution in [-0.2, 0) is 0 Å². The molecule has 0 spiro atoms. The number of aryl methyl sites for hydroxylation is 1. The predicted molar refractivity (Wildman–Crippen MR) is 58.6 cm³/mol. The van der Waals surface area contributed by atoms with Crippen molar-refractivity contribution in [3.8, 4) is 0 Å². The molecule has 1 heterocycles. The van der Waals surface area contributed by atoms with Gasteiger partial charge < -0.3 is 16.0 Å². The lowest BCUT2D eigenvalue weighted by atomic mass is 10.2. The summed E-state index contributed by atoms with van der Waals surface area (Å²) in [6.07, 6.45) is 4.19. The third-order valence-corrected chi connectivity index (χ3v) is 2.92. The van der Waals surface area contributed by atoms with E-state index in [1.165, 1.54) is 12.8 Å². The maximum Gasteiger partial charge on any atom is 0.253 e. The Morgan fingerprint density at radius 1 is 1.73 bits per heavy atom. The topological polar surface area (TPSA) is 70.9 Å². The number of amides is 1. The fourth-order valence-corrected chi connectivity index (χ4v) is 1.70. The zero-order valence-electron chi connectivity index (χ0n) is 8.92. The van der Waals surface area contributed by atoms with Crippen molar-refractivity contribution in [1.82, 2.24) is 10.3 Å². The molecule has 4 nitrogen and oxygen atoms in total. The van der Waals surface area contributed by atoms with Gasteiger partial charge in [-0.25, -0.2) is 0 Å². The Morgan fingerprint density at radius 2 is 2.47 bits per heavy atom. The second-order valence-corrected chi connectivity index (χ2v) is 4.23. The number of aromatic amines is 1. The van der Waals surface area contributed by atoms with Crippen LogP contribution >= 0.6 is 0 Å². The third-order valence-electron chi connectivity index (χ3n) is 2.92. The molecule has 0 saturated heterocycles. The van der Waals surface area contributed by atoms with Gasteiger partial charge in [-0.2, -0.15) is 0 Å². The van der Waals surface area contributed by atoms with Gasteiger partial charge in [0, 0.05) is 24.5 Å². The third kappa shape index (κ3) is 2.39. The zero-order valence-corrected chi connectivity index (χ0v) is 8.92. The smallest absolute Gasteiger partial charge is 0.253 e. The molecule has 1 fully saturated rings. The summed E-state index contributed by atoms with van der Waals surface area (Å²) in [6.45, 7) is 2.46. The van der Waals surface area contributed by atoms with Gasteiger partial charge in [0.2, 0.25) is 0 Å². The van der Waals surface area contributed by atoms with E-state index in [1.54, 1.807) is 12.3 Å². The number of nitrogens with two attached hydrogens (primary N) is 1. The second kappa shape index (κ2) is 4.06. The monoisotopic (exact) mass is 207 g/mol. The zero-order chi connectivity index (χ0) is 10.8. The summed E-state index contributed by atoms with van der Waals surface area (Å²) in [6, 6.07) is 1.90. The van der Waals surface area contributed by atoms with Gasteiger partial charge >= 0.3 is 0 Å². The van der Waals surface area contributed by atoms with E-state index in [0.29, 0.717) is 18.0 Å². The van der Waals surface area contributed by atoms with Crippen molar-refractivity contribution in [3.63, 3.8) is 0 Å². The molecule has 4 N–H and O–H groups in total. The fraction of sp³-hybridized carbons (Fsp3) is 0.545. The van der Waals surface area contributed by atoms with Crippen LogP contribution < -0.4 is 11.1 Å². The number of hydrogen-bond acceptors (Lipinski definition) is 2. The molecule has 1 saturated carbocycles. The summed E-state index contributed by atoms with van der Waals surface area (Å²) in [5.41, 5.74) is 7.50. The maximum absolute atomic E-state index is 11.7. The minimum Gasteiger partial charge on any atom is -0.365 e. The number of H-pyrrole nitrogens is 1. The molecular weight excluding hydrogens is 190 g/mol. The minimum atomic E-state index is -0.0372. The first-order valence-corrected chi connectivity index (χ1v) is 5.36. The van der Waals surface area contributed by atoms with Crippen molar-refractivity contribution < 1.29 is 4.79 Å². The average Bonchev–Trinajstić information content (AvgIpc) is 2.98. The van der Waals surface area contributed by atoms with Gasteiger partial charge in [0.15, 0.2) is 0 Å². The van der Waals surface area contributed by atoms with Crippen LogP contribution in [0.3, 0.4) is 0 Å². The molecule has 0 aromatic carbocycles. The number of carbonyl (C=O) groups excluding carboxylic acids is 1. The highest BCUT2D eigenvalue weighted by Gasteiger charge is 2.28. The first-order valence-electron chi connectivity index (χ1n) is 5.36. The van der Waals surface area contributed by atoms with Gasteiger partial charge in [-0.3, -0.25) is 4.79 Å². The summed E-state index contributed by atoms with van der Waals surface area (Å²) < 4.78 is 0. The van der Waals surface area contributed by atoms with Gasteiger partial charge in [-0.05, 0) is 31.7 Å². The summed E-state index contributed by atoms with van der Waals surface area (Å²) >= 11 is 0. The van der Waals surface area contributed by atoms with Crippen LogP contribution in [0.2, 0.25) is 0 Å². The molecule has 1 aliphatic carbocycles. The molecule has 0 aliphatic heterocycles. The van der Waals surface area contributed by atoms with Crippen molar-refractivity contribution in [3.05, 3.63) is 23.5 Å². The summed E-state index contributed by atoms with van der Waals surface area (Å²) in [5.74, 6) is 0.586. The Hall–Kier alpha value is -1.29. The molecule has 1 unspecified atom stereocenters. The molecule has 0 bridgehead atoms. The Kier molecular flexibility index (Phi) is 2.77. The van der Waals surface area contributed by atoms with Crippen LogP contribution in [0.15, 0.2) is 12.3 Å². The summed E-state index contributed by atoms with van der Waals surface area (Å²) in [5, 5.41) is 2.86. The number of nitrogens with one attached hydrogen (secondary N) is 2. The highest BCUT2D eigenvalue weighted by molar-refractivity contribution is 5.95. The highest BCUT2D eigenvalue weighted by Crippen LogP contribution is 2.31. The van der Waals surface area contributed by atoms with E-state index >= 15 is 0 Å². The largest absolute Gasteiger partial charge is 0.365 e. The SMILES string of the molecule is Cc1[nH]ccc1C(=O)NCC(N)C1CC1. The van der Waals surface area contributed by atoms with Gasteiger partial charge in [0.25, 0.3) is 5.91 Å². The Balaban J connectivity index is 1.84. The van der Waals surface area contributed by atoms with Crippen LogP contribution in [0.4, 0.5) is 0 Å². The predicted octanol–water partition coefficient (Wildman–Crippen LogP) is 0.790. The molecule has 4 heteroatoms. The number of carbonyl (C=O) groups is 1. The Labute approximate surface area is 89.2 Å². The highest BCUT2D eigenvalue weighted by atomic mass is 16.1. The lowest BCUT2D eigenvalue weighted by molar-refractivity contribution is 0.0950. The Morgan fingerprint density at radius 3 is 3.00 bits per heavy atom. The molecule has 0 radical (unpaired) electrons. The average molecular weight is 207 g/mol. The van der Waals surface area contributed by atoms with Crippen molar-refractivity contribution in [2.45, 2.75) is 25.8 Å². The number of hydrogen-bond donors (Lipinski definition) is 3. The van der Waals surface area contributed by atoms with Crippen LogP contribution in [0.1, 0.15) is 28.9 Å². The molecule has 1 amide bonds. The molecule has 82 valence electrons. The molecule has 1 aromatic heterocycles. The molecule has 1 atom stereocenters. The van der Waals surface area contributed by atoms with Gasteiger partial charge in [-0.1, -0.05) is 0 Å². The molecular formula is C11H17N3O. The van der Waals surface area contributed by atoms with Gasteiger partial charge in [-0.15, -0.1) is 0 Å². The first-order chi connectivity index (χ1) is 7.18. The number of aromatic nitrogens is 1. The summed E-state index contributed by atoms with van der Waals surface area (Å²) in [7, 11) is 0. The summed E-state index contributed by atoms with van der Waals surface area (Å²) in [4.78, 5) is 14.7. The standard InChI is InChI=1S/C11H17N3O/c1-7-9(4-5-13-7)11(15)14-6-10(12)8-2-3-8/h4-5,8,10,13H,2-3,6,12H2,1H3,(H,14,15). The number of rotatable bonds is 4. The Bertz CT molecular complexity index is 354. The first kappa shape index (κ1) is 10.2. The molecule has 1 aromatic rings. The van der Waals surface area contributed by atoms with Crippen molar-refractivity contribution >= 4 is 5.91 Å². The van der Waals surface area contributed by atoms with Crippen molar-refractivity contribution in [2.75, 3.05) is 6.54 Å². The second-order valence-electron chi connectivity index (χ2n) is 4.23. The fourth-order valence-electron chi connectivity index (χ4n) is 1.70. The van der Waals surface area contributed by atoms with Crippen molar-refractivity contribution in [1.29, 1.82) is 0 Å².